The average molecular weight is 477 g/mol. The molecule has 2 aliphatic heterocycles. The molecule has 2 aliphatic rings. The number of hydrogen-bond acceptors (Lipinski definition) is 5. The Labute approximate surface area is 207 Å². The Morgan fingerprint density at radius 1 is 1.23 bits per heavy atom. The summed E-state index contributed by atoms with van der Waals surface area (Å²) >= 11 is 0. The number of aromatic amines is 1. The minimum absolute atomic E-state index is 0.192. The number of pyridine rings is 1. The normalized spacial score (nSPS) is 18.7. The molecule has 0 saturated carbocycles. The predicted octanol–water partition coefficient (Wildman–Crippen LogP) is 5.31. The highest BCUT2D eigenvalue weighted by Gasteiger charge is 2.34. The Morgan fingerprint density at radius 3 is 2.83 bits per heavy atom. The fourth-order valence-electron chi connectivity index (χ4n) is 5.16. The van der Waals surface area contributed by atoms with E-state index in [9.17, 15) is 4.79 Å². The number of carbonyl (C=O) groups is 1. The second kappa shape index (κ2) is 9.28. The lowest BCUT2D eigenvalue weighted by atomic mass is 9.87. The van der Waals surface area contributed by atoms with E-state index in [1.165, 1.54) is 16.7 Å². The van der Waals surface area contributed by atoms with E-state index in [-0.39, 0.29) is 12.1 Å². The molecule has 1 amide bonds. The van der Waals surface area contributed by atoms with E-state index >= 15 is 0 Å². The number of morpholine rings is 1. The van der Waals surface area contributed by atoms with Gasteiger partial charge >= 0.3 is 6.09 Å². The summed E-state index contributed by atoms with van der Waals surface area (Å²) in [6, 6.07) is 6.57. The highest BCUT2D eigenvalue weighted by Crippen LogP contribution is 2.36. The quantitative estimate of drug-likeness (QED) is 0.536. The van der Waals surface area contributed by atoms with Crippen LogP contribution in [-0.4, -0.2) is 52.9 Å². The maximum atomic E-state index is 13.2. The van der Waals surface area contributed by atoms with Crippen LogP contribution in [0.25, 0.3) is 22.2 Å². The number of carbonyl (C=O) groups excluding carboxylic acids is 1. The molecule has 0 radical (unpaired) electrons. The Bertz CT molecular complexity index is 1240. The van der Waals surface area contributed by atoms with Gasteiger partial charge in [-0.3, -0.25) is 4.90 Å². The first-order valence-electron chi connectivity index (χ1n) is 12.6. The molecule has 2 aromatic heterocycles. The minimum Gasteiger partial charge on any atom is -0.444 e. The molecule has 0 bridgehead atoms. The summed E-state index contributed by atoms with van der Waals surface area (Å²) < 4.78 is 11.7. The van der Waals surface area contributed by atoms with Crippen LogP contribution < -0.4 is 5.32 Å². The van der Waals surface area contributed by atoms with Gasteiger partial charge in [0.05, 0.1) is 19.3 Å². The Balaban J connectivity index is 1.60. The van der Waals surface area contributed by atoms with Gasteiger partial charge in [-0.2, -0.15) is 0 Å². The zero-order valence-electron chi connectivity index (χ0n) is 21.4. The second-order valence-corrected chi connectivity index (χ2v) is 10.9. The zero-order valence-corrected chi connectivity index (χ0v) is 21.4. The number of H-pyrrole nitrogens is 1. The summed E-state index contributed by atoms with van der Waals surface area (Å²) in [5, 5.41) is 4.67. The molecule has 35 heavy (non-hydrogen) atoms. The SMILES string of the molecule is CC(C)c1c[nH]c2ncc(-c3cc4c(c(C5COCCN5C(=O)OC(C)(C)C)c3)CNCC4)cc12. The van der Waals surface area contributed by atoms with Crippen molar-refractivity contribution in [2.24, 2.45) is 0 Å². The summed E-state index contributed by atoms with van der Waals surface area (Å²) in [5.41, 5.74) is 7.57. The van der Waals surface area contributed by atoms with Crippen LogP contribution in [0.15, 0.2) is 30.6 Å². The van der Waals surface area contributed by atoms with Gasteiger partial charge in [0.1, 0.15) is 11.2 Å². The van der Waals surface area contributed by atoms with Crippen molar-refractivity contribution >= 4 is 17.1 Å². The third kappa shape index (κ3) is 4.80. The van der Waals surface area contributed by atoms with Crippen molar-refractivity contribution in [3.8, 4) is 11.1 Å². The van der Waals surface area contributed by atoms with E-state index in [1.807, 2.05) is 31.9 Å². The summed E-state index contributed by atoms with van der Waals surface area (Å²) in [6.45, 7) is 13.3. The average Bonchev–Trinajstić information content (AvgIpc) is 3.26. The third-order valence-electron chi connectivity index (χ3n) is 6.88. The van der Waals surface area contributed by atoms with Crippen molar-refractivity contribution in [1.29, 1.82) is 0 Å². The van der Waals surface area contributed by atoms with Crippen LogP contribution in [0.2, 0.25) is 0 Å². The third-order valence-corrected chi connectivity index (χ3v) is 6.88. The molecule has 0 aliphatic carbocycles. The van der Waals surface area contributed by atoms with Gasteiger partial charge in [0, 0.05) is 36.4 Å². The number of hydrogen-bond donors (Lipinski definition) is 2. The summed E-state index contributed by atoms with van der Waals surface area (Å²) in [5.74, 6) is 0.410. The van der Waals surface area contributed by atoms with E-state index < -0.39 is 5.60 Å². The van der Waals surface area contributed by atoms with Gasteiger partial charge in [0.15, 0.2) is 0 Å². The van der Waals surface area contributed by atoms with Crippen LogP contribution in [-0.2, 0) is 22.4 Å². The molecule has 1 aromatic carbocycles. The number of nitrogens with zero attached hydrogens (tertiary/aromatic N) is 2. The van der Waals surface area contributed by atoms with E-state index in [4.69, 9.17) is 14.5 Å². The van der Waals surface area contributed by atoms with E-state index in [1.54, 1.807) is 0 Å². The minimum atomic E-state index is -0.547. The molecule has 1 unspecified atom stereocenters. The number of benzene rings is 1. The van der Waals surface area contributed by atoms with Crippen LogP contribution >= 0.6 is 0 Å². The summed E-state index contributed by atoms with van der Waals surface area (Å²) in [7, 11) is 0. The summed E-state index contributed by atoms with van der Waals surface area (Å²) in [4.78, 5) is 23.0. The van der Waals surface area contributed by atoms with Crippen molar-refractivity contribution in [1.82, 2.24) is 20.2 Å². The topological polar surface area (TPSA) is 79.5 Å². The fraction of sp³-hybridized carbons (Fsp3) is 0.500. The summed E-state index contributed by atoms with van der Waals surface area (Å²) in [6.07, 6.45) is 4.67. The highest BCUT2D eigenvalue weighted by atomic mass is 16.6. The number of ether oxygens (including phenoxy) is 2. The van der Waals surface area contributed by atoms with Crippen molar-refractivity contribution < 1.29 is 14.3 Å². The molecule has 1 atom stereocenters. The van der Waals surface area contributed by atoms with Gasteiger partial charge in [-0.05, 0) is 79.6 Å². The van der Waals surface area contributed by atoms with Crippen molar-refractivity contribution in [3.63, 3.8) is 0 Å². The molecule has 7 nitrogen and oxygen atoms in total. The fourth-order valence-corrected chi connectivity index (χ4v) is 5.16. The zero-order chi connectivity index (χ0) is 24.7. The molecule has 1 saturated heterocycles. The van der Waals surface area contributed by atoms with Gasteiger partial charge in [-0.15, -0.1) is 0 Å². The van der Waals surface area contributed by atoms with Crippen molar-refractivity contribution in [2.45, 2.75) is 65.1 Å². The Morgan fingerprint density at radius 2 is 2.06 bits per heavy atom. The number of fused-ring (bicyclic) bond motifs is 2. The van der Waals surface area contributed by atoms with Crippen LogP contribution in [0.1, 0.15) is 68.8 Å². The van der Waals surface area contributed by atoms with Crippen LogP contribution in [0, 0.1) is 0 Å². The first kappa shape index (κ1) is 23.8. The lowest BCUT2D eigenvalue weighted by Crippen LogP contribution is -2.46. The molecule has 4 heterocycles. The number of aromatic nitrogens is 2. The highest BCUT2D eigenvalue weighted by molar-refractivity contribution is 5.85. The van der Waals surface area contributed by atoms with Gasteiger partial charge in [-0.1, -0.05) is 19.9 Å². The van der Waals surface area contributed by atoms with Crippen LogP contribution in [0.5, 0.6) is 0 Å². The molecule has 5 rings (SSSR count). The van der Waals surface area contributed by atoms with E-state index in [0.717, 1.165) is 47.2 Å². The molecular weight excluding hydrogens is 440 g/mol. The number of amides is 1. The van der Waals surface area contributed by atoms with Gasteiger partial charge in [0.2, 0.25) is 0 Å². The van der Waals surface area contributed by atoms with Crippen molar-refractivity contribution in [2.75, 3.05) is 26.3 Å². The first-order valence-corrected chi connectivity index (χ1v) is 12.6. The van der Waals surface area contributed by atoms with Gasteiger partial charge < -0.3 is 19.8 Å². The molecule has 3 aromatic rings. The van der Waals surface area contributed by atoms with Gasteiger partial charge in [-0.25, -0.2) is 9.78 Å². The molecule has 186 valence electrons. The molecule has 0 spiro atoms. The predicted molar refractivity (Wildman–Crippen MR) is 138 cm³/mol. The number of rotatable bonds is 3. The maximum Gasteiger partial charge on any atom is 0.410 e. The lowest BCUT2D eigenvalue weighted by molar-refractivity contribution is -0.0333. The van der Waals surface area contributed by atoms with Gasteiger partial charge in [0.25, 0.3) is 0 Å². The molecule has 1 fully saturated rings. The Kier molecular flexibility index (Phi) is 6.32. The Hall–Kier alpha value is -2.90. The standard InChI is InChI=1S/C28H36N4O3/c1-17(2)23-15-31-26-22(23)12-20(13-30-26)19-10-18-6-7-29-14-24(18)21(11-19)25-16-34-9-8-32(25)27(33)35-28(3,4)5/h10-13,15,17,25,29H,6-9,14,16H2,1-5H3,(H,30,31). The molecule has 2 N–H and O–H groups in total. The van der Waals surface area contributed by atoms with Crippen LogP contribution in [0.3, 0.4) is 0 Å². The molecule has 7 heteroatoms. The number of nitrogens with one attached hydrogen (secondary N) is 2. The largest absolute Gasteiger partial charge is 0.444 e. The lowest BCUT2D eigenvalue weighted by Gasteiger charge is -2.38. The maximum absolute atomic E-state index is 13.2. The second-order valence-electron chi connectivity index (χ2n) is 10.9. The van der Waals surface area contributed by atoms with E-state index in [0.29, 0.717) is 25.7 Å². The smallest absolute Gasteiger partial charge is 0.410 e. The van der Waals surface area contributed by atoms with Crippen LogP contribution in [0.4, 0.5) is 4.79 Å². The molecular formula is C28H36N4O3. The first-order chi connectivity index (χ1) is 16.7. The van der Waals surface area contributed by atoms with Crippen molar-refractivity contribution in [3.05, 3.63) is 52.8 Å². The van der Waals surface area contributed by atoms with E-state index in [2.05, 4.69) is 48.5 Å². The monoisotopic (exact) mass is 476 g/mol.